The van der Waals surface area contributed by atoms with Gasteiger partial charge in [0, 0.05) is 25.1 Å². The molecule has 7 heteroatoms. The monoisotopic (exact) mass is 344 g/mol. The van der Waals surface area contributed by atoms with Crippen molar-refractivity contribution in [1.82, 2.24) is 15.3 Å². The number of amides is 1. The van der Waals surface area contributed by atoms with Crippen molar-refractivity contribution < 1.29 is 9.21 Å². The fourth-order valence-electron chi connectivity index (χ4n) is 2.38. The van der Waals surface area contributed by atoms with Gasteiger partial charge in [-0.2, -0.15) is 0 Å². The van der Waals surface area contributed by atoms with Crippen LogP contribution in [0.2, 0.25) is 0 Å². The van der Waals surface area contributed by atoms with Crippen LogP contribution in [0.15, 0.2) is 28.2 Å². The van der Waals surface area contributed by atoms with E-state index in [2.05, 4.69) is 20.6 Å². The van der Waals surface area contributed by atoms with Gasteiger partial charge in [0.2, 0.25) is 0 Å². The lowest BCUT2D eigenvalue weighted by Gasteiger charge is -2.09. The Kier molecular flexibility index (Phi) is 5.10. The molecule has 0 aliphatic rings. The molecule has 0 aliphatic carbocycles. The first kappa shape index (κ1) is 16.4. The van der Waals surface area contributed by atoms with Crippen LogP contribution in [0.4, 0.5) is 5.82 Å². The third-order valence-corrected chi connectivity index (χ3v) is 4.49. The maximum Gasteiger partial charge on any atom is 0.287 e. The van der Waals surface area contributed by atoms with E-state index in [1.165, 1.54) is 6.26 Å². The van der Waals surface area contributed by atoms with Gasteiger partial charge in [-0.3, -0.25) is 4.79 Å². The quantitative estimate of drug-likeness (QED) is 0.642. The van der Waals surface area contributed by atoms with Crippen molar-refractivity contribution >= 4 is 33.3 Å². The van der Waals surface area contributed by atoms with E-state index in [0.717, 1.165) is 46.8 Å². The predicted octanol–water partition coefficient (Wildman–Crippen LogP) is 3.39. The number of thiophene rings is 1. The normalized spacial score (nSPS) is 10.9. The summed E-state index contributed by atoms with van der Waals surface area (Å²) in [6.07, 6.45) is 3.13. The van der Waals surface area contributed by atoms with Gasteiger partial charge in [0.25, 0.3) is 5.91 Å². The van der Waals surface area contributed by atoms with Crippen LogP contribution in [-0.2, 0) is 6.42 Å². The summed E-state index contributed by atoms with van der Waals surface area (Å²) in [7, 11) is 0. The Hall–Kier alpha value is -2.41. The molecule has 0 fully saturated rings. The van der Waals surface area contributed by atoms with Crippen LogP contribution in [0.1, 0.15) is 35.3 Å². The number of nitrogens with zero attached hydrogens (tertiary/aromatic N) is 2. The number of hydrogen-bond donors (Lipinski definition) is 2. The van der Waals surface area contributed by atoms with Gasteiger partial charge < -0.3 is 15.1 Å². The maximum absolute atomic E-state index is 11.9. The van der Waals surface area contributed by atoms with E-state index in [-0.39, 0.29) is 5.91 Å². The Balaban J connectivity index is 1.51. The summed E-state index contributed by atoms with van der Waals surface area (Å²) in [5.41, 5.74) is 0.846. The fourth-order valence-corrected chi connectivity index (χ4v) is 3.16. The van der Waals surface area contributed by atoms with Crippen molar-refractivity contribution in [2.75, 3.05) is 18.4 Å². The van der Waals surface area contributed by atoms with Crippen LogP contribution >= 0.6 is 11.3 Å². The summed E-state index contributed by atoms with van der Waals surface area (Å²) in [4.78, 5) is 22.0. The van der Waals surface area contributed by atoms with Crippen molar-refractivity contribution in [3.05, 3.63) is 40.9 Å². The first-order valence-electron chi connectivity index (χ1n) is 7.99. The highest BCUT2D eigenvalue weighted by molar-refractivity contribution is 7.16. The zero-order valence-corrected chi connectivity index (χ0v) is 14.6. The number of furan rings is 1. The maximum atomic E-state index is 11.9. The Morgan fingerprint density at radius 1 is 1.29 bits per heavy atom. The number of aryl methyl sites for hydroxylation is 2. The van der Waals surface area contributed by atoms with Crippen LogP contribution in [0.25, 0.3) is 10.2 Å². The molecule has 3 rings (SSSR count). The van der Waals surface area contributed by atoms with E-state index in [1.807, 2.05) is 25.3 Å². The number of carbonyl (C=O) groups excluding carboxylic acids is 1. The first-order valence-corrected chi connectivity index (χ1v) is 8.87. The Labute approximate surface area is 144 Å². The Morgan fingerprint density at radius 2 is 2.17 bits per heavy atom. The molecule has 0 spiro atoms. The zero-order chi connectivity index (χ0) is 16.9. The molecule has 0 saturated heterocycles. The summed E-state index contributed by atoms with van der Waals surface area (Å²) in [6, 6.07) is 3.81. The minimum atomic E-state index is -0.173. The summed E-state index contributed by atoms with van der Waals surface area (Å²) < 4.78 is 5.17. The summed E-state index contributed by atoms with van der Waals surface area (Å²) in [5.74, 6) is 1.92. The molecule has 0 aromatic carbocycles. The second-order valence-electron chi connectivity index (χ2n) is 5.45. The van der Waals surface area contributed by atoms with Gasteiger partial charge in [-0.1, -0.05) is 6.92 Å². The highest BCUT2D eigenvalue weighted by Crippen LogP contribution is 2.25. The fraction of sp³-hybridized carbons (Fsp3) is 0.353. The molecular formula is C17H20N4O2S. The van der Waals surface area contributed by atoms with E-state index in [9.17, 15) is 4.79 Å². The zero-order valence-electron chi connectivity index (χ0n) is 13.8. The molecule has 3 heterocycles. The van der Waals surface area contributed by atoms with E-state index in [1.54, 1.807) is 17.4 Å². The summed E-state index contributed by atoms with van der Waals surface area (Å²) in [5, 5.41) is 9.28. The van der Waals surface area contributed by atoms with E-state index >= 15 is 0 Å². The van der Waals surface area contributed by atoms with Gasteiger partial charge in [-0.05, 0) is 30.9 Å². The average Bonchev–Trinajstić information content (AvgIpc) is 3.22. The Morgan fingerprint density at radius 3 is 2.92 bits per heavy atom. The molecule has 2 N–H and O–H groups in total. The van der Waals surface area contributed by atoms with Crippen LogP contribution in [-0.4, -0.2) is 29.0 Å². The van der Waals surface area contributed by atoms with E-state index < -0.39 is 0 Å². The molecule has 6 nitrogen and oxygen atoms in total. The number of carbonyl (C=O) groups is 1. The number of fused-ring (bicyclic) bond motifs is 1. The molecule has 126 valence electrons. The SMILES string of the molecule is CCc1nc(NCCCNC(=O)c2occc2C)c2ccsc2n1. The van der Waals surface area contributed by atoms with Crippen LogP contribution in [0.3, 0.4) is 0 Å². The molecule has 0 aliphatic heterocycles. The molecule has 1 amide bonds. The highest BCUT2D eigenvalue weighted by Gasteiger charge is 2.11. The smallest absolute Gasteiger partial charge is 0.287 e. The summed E-state index contributed by atoms with van der Waals surface area (Å²) >= 11 is 1.62. The lowest BCUT2D eigenvalue weighted by Crippen LogP contribution is -2.26. The molecule has 0 unspecified atom stereocenters. The minimum Gasteiger partial charge on any atom is -0.459 e. The van der Waals surface area contributed by atoms with Crippen molar-refractivity contribution in [2.45, 2.75) is 26.7 Å². The molecular weight excluding hydrogens is 324 g/mol. The molecule has 3 aromatic heterocycles. The van der Waals surface area contributed by atoms with Gasteiger partial charge in [-0.25, -0.2) is 9.97 Å². The van der Waals surface area contributed by atoms with E-state index in [0.29, 0.717) is 12.3 Å². The number of anilines is 1. The number of rotatable bonds is 7. The van der Waals surface area contributed by atoms with Crippen molar-refractivity contribution in [2.24, 2.45) is 0 Å². The third kappa shape index (κ3) is 3.56. The van der Waals surface area contributed by atoms with Gasteiger partial charge in [-0.15, -0.1) is 11.3 Å². The van der Waals surface area contributed by atoms with Crippen LogP contribution in [0, 0.1) is 6.92 Å². The molecule has 0 saturated carbocycles. The minimum absolute atomic E-state index is 0.173. The molecule has 24 heavy (non-hydrogen) atoms. The van der Waals surface area contributed by atoms with Gasteiger partial charge in [0.05, 0.1) is 11.6 Å². The van der Waals surface area contributed by atoms with Crippen molar-refractivity contribution in [3.63, 3.8) is 0 Å². The van der Waals surface area contributed by atoms with Gasteiger partial charge in [0.15, 0.2) is 5.76 Å². The highest BCUT2D eigenvalue weighted by atomic mass is 32.1. The molecule has 0 atom stereocenters. The second-order valence-corrected chi connectivity index (χ2v) is 6.34. The second kappa shape index (κ2) is 7.44. The van der Waals surface area contributed by atoms with Gasteiger partial charge >= 0.3 is 0 Å². The van der Waals surface area contributed by atoms with Crippen molar-refractivity contribution in [1.29, 1.82) is 0 Å². The van der Waals surface area contributed by atoms with E-state index in [4.69, 9.17) is 4.42 Å². The molecule has 3 aromatic rings. The molecule has 0 radical (unpaired) electrons. The number of aromatic nitrogens is 2. The standard InChI is InChI=1S/C17H20N4O2S/c1-3-13-20-15(12-6-10-24-17(12)21-13)18-7-4-8-19-16(22)14-11(2)5-9-23-14/h5-6,9-10H,3-4,7-8H2,1-2H3,(H,19,22)(H,18,20,21). The summed E-state index contributed by atoms with van der Waals surface area (Å²) in [6.45, 7) is 5.20. The van der Waals surface area contributed by atoms with Crippen LogP contribution in [0.5, 0.6) is 0 Å². The third-order valence-electron chi connectivity index (χ3n) is 3.69. The van der Waals surface area contributed by atoms with Crippen molar-refractivity contribution in [3.8, 4) is 0 Å². The average molecular weight is 344 g/mol. The Bertz CT molecular complexity index is 840. The van der Waals surface area contributed by atoms with Gasteiger partial charge in [0.1, 0.15) is 16.5 Å². The molecule has 0 bridgehead atoms. The lowest BCUT2D eigenvalue weighted by atomic mass is 10.2. The number of hydrogen-bond acceptors (Lipinski definition) is 6. The topological polar surface area (TPSA) is 80.0 Å². The number of nitrogens with one attached hydrogen (secondary N) is 2. The predicted molar refractivity (Wildman–Crippen MR) is 95.7 cm³/mol. The lowest BCUT2D eigenvalue weighted by molar-refractivity contribution is 0.0925. The first-order chi connectivity index (χ1) is 11.7. The van der Waals surface area contributed by atoms with Crippen LogP contribution < -0.4 is 10.6 Å². The largest absolute Gasteiger partial charge is 0.459 e.